The second-order valence-electron chi connectivity index (χ2n) is 7.34. The minimum atomic E-state index is -0.124. The first-order valence-corrected chi connectivity index (χ1v) is 11.1. The molecular weight excluding hydrogens is 408 g/mol. The van der Waals surface area contributed by atoms with Crippen LogP contribution in [-0.2, 0) is 11.3 Å². The van der Waals surface area contributed by atoms with E-state index in [1.165, 1.54) is 11.3 Å². The van der Waals surface area contributed by atoms with Crippen molar-refractivity contribution in [2.45, 2.75) is 33.2 Å². The van der Waals surface area contributed by atoms with Gasteiger partial charge in [-0.05, 0) is 49.2 Å². The summed E-state index contributed by atoms with van der Waals surface area (Å²) in [6.45, 7) is 4.31. The first-order valence-electron chi connectivity index (χ1n) is 10.3. The molecule has 2 aromatic heterocycles. The fourth-order valence-corrected chi connectivity index (χ4v) is 4.48. The Kier molecular flexibility index (Phi) is 6.13. The van der Waals surface area contributed by atoms with Gasteiger partial charge >= 0.3 is 0 Å². The average Bonchev–Trinajstić information content (AvgIpc) is 3.34. The number of para-hydroxylation sites is 1. The van der Waals surface area contributed by atoms with Crippen molar-refractivity contribution in [2.75, 3.05) is 5.32 Å². The fourth-order valence-electron chi connectivity index (χ4n) is 3.38. The molecule has 31 heavy (non-hydrogen) atoms. The normalized spacial score (nSPS) is 10.9. The maximum absolute atomic E-state index is 12.8. The predicted molar refractivity (Wildman–Crippen MR) is 125 cm³/mol. The Balaban J connectivity index is 1.48. The summed E-state index contributed by atoms with van der Waals surface area (Å²) in [4.78, 5) is 26.2. The second-order valence-corrected chi connectivity index (χ2v) is 8.37. The van der Waals surface area contributed by atoms with Crippen LogP contribution in [0, 0.1) is 6.92 Å². The molecular formula is C24H24N4O2S. The molecule has 7 heteroatoms. The molecule has 0 aliphatic carbocycles. The Morgan fingerprint density at radius 1 is 1.06 bits per heavy atom. The number of carbonyl (C=O) groups is 2. The highest BCUT2D eigenvalue weighted by Gasteiger charge is 2.17. The van der Waals surface area contributed by atoms with Crippen LogP contribution < -0.4 is 10.6 Å². The van der Waals surface area contributed by atoms with Gasteiger partial charge in [0.1, 0.15) is 4.83 Å². The number of thiophene rings is 1. The van der Waals surface area contributed by atoms with Gasteiger partial charge in [0.05, 0.1) is 16.3 Å². The molecule has 2 N–H and O–H groups in total. The molecule has 0 atom stereocenters. The summed E-state index contributed by atoms with van der Waals surface area (Å²) in [7, 11) is 0. The van der Waals surface area contributed by atoms with E-state index in [4.69, 9.17) is 0 Å². The number of benzene rings is 2. The number of carbonyl (C=O) groups excluding carboxylic acids is 2. The van der Waals surface area contributed by atoms with Crippen LogP contribution >= 0.6 is 11.3 Å². The average molecular weight is 433 g/mol. The molecule has 2 heterocycles. The highest BCUT2D eigenvalue weighted by molar-refractivity contribution is 7.20. The third kappa shape index (κ3) is 4.67. The van der Waals surface area contributed by atoms with Gasteiger partial charge in [-0.25, -0.2) is 4.68 Å². The number of rotatable bonds is 7. The molecule has 158 valence electrons. The number of hydrogen-bond acceptors (Lipinski definition) is 4. The van der Waals surface area contributed by atoms with Gasteiger partial charge in [0.25, 0.3) is 5.91 Å². The van der Waals surface area contributed by atoms with Crippen LogP contribution in [-0.4, -0.2) is 21.6 Å². The van der Waals surface area contributed by atoms with Crippen molar-refractivity contribution in [3.8, 4) is 5.69 Å². The zero-order chi connectivity index (χ0) is 21.8. The van der Waals surface area contributed by atoms with Crippen LogP contribution in [0.5, 0.6) is 0 Å². The maximum Gasteiger partial charge on any atom is 0.261 e. The van der Waals surface area contributed by atoms with E-state index in [0.29, 0.717) is 17.8 Å². The lowest BCUT2D eigenvalue weighted by atomic mass is 10.2. The van der Waals surface area contributed by atoms with Gasteiger partial charge in [0.15, 0.2) is 0 Å². The summed E-state index contributed by atoms with van der Waals surface area (Å²) in [6.07, 6.45) is 1.30. The molecule has 4 aromatic rings. The number of aryl methyl sites for hydroxylation is 1. The molecule has 6 nitrogen and oxygen atoms in total. The third-order valence-corrected chi connectivity index (χ3v) is 6.02. The van der Waals surface area contributed by atoms with Gasteiger partial charge in [-0.1, -0.05) is 37.3 Å². The monoisotopic (exact) mass is 432 g/mol. The van der Waals surface area contributed by atoms with Crippen LogP contribution in [0.25, 0.3) is 15.9 Å². The molecule has 4 rings (SSSR count). The Morgan fingerprint density at radius 2 is 1.87 bits per heavy atom. The molecule has 2 aromatic carbocycles. The van der Waals surface area contributed by atoms with Crippen molar-refractivity contribution in [1.82, 2.24) is 15.1 Å². The van der Waals surface area contributed by atoms with Gasteiger partial charge in [-0.15, -0.1) is 11.3 Å². The topological polar surface area (TPSA) is 76.0 Å². The van der Waals surface area contributed by atoms with Crippen molar-refractivity contribution in [2.24, 2.45) is 0 Å². The molecule has 0 saturated heterocycles. The maximum atomic E-state index is 12.8. The molecule has 0 unspecified atom stereocenters. The number of nitrogens with one attached hydrogen (secondary N) is 2. The molecule has 0 fully saturated rings. The Labute approximate surface area is 184 Å². The lowest BCUT2D eigenvalue weighted by Gasteiger charge is -2.08. The van der Waals surface area contributed by atoms with E-state index in [0.717, 1.165) is 39.3 Å². The predicted octanol–water partition coefficient (Wildman–Crippen LogP) is 5.06. The smallest absolute Gasteiger partial charge is 0.261 e. The van der Waals surface area contributed by atoms with Crippen LogP contribution in [0.3, 0.4) is 0 Å². The Hall–Kier alpha value is -3.45. The van der Waals surface area contributed by atoms with E-state index in [9.17, 15) is 9.59 Å². The van der Waals surface area contributed by atoms with Crippen LogP contribution in [0.15, 0.2) is 60.7 Å². The number of fused-ring (bicyclic) bond motifs is 1. The lowest BCUT2D eigenvalue weighted by molar-refractivity contribution is -0.116. The number of nitrogens with zero attached hydrogens (tertiary/aromatic N) is 2. The molecule has 0 bridgehead atoms. The zero-order valence-electron chi connectivity index (χ0n) is 17.5. The van der Waals surface area contributed by atoms with Crippen molar-refractivity contribution < 1.29 is 9.59 Å². The van der Waals surface area contributed by atoms with Gasteiger partial charge in [0.2, 0.25) is 5.91 Å². The minimum Gasteiger partial charge on any atom is -0.347 e. The number of hydrogen-bond donors (Lipinski definition) is 2. The minimum absolute atomic E-state index is 0.00297. The summed E-state index contributed by atoms with van der Waals surface area (Å²) in [5, 5.41) is 11.5. The molecule has 0 saturated carbocycles. The van der Waals surface area contributed by atoms with Gasteiger partial charge in [-0.2, -0.15) is 5.10 Å². The van der Waals surface area contributed by atoms with Crippen molar-refractivity contribution in [1.29, 1.82) is 0 Å². The number of amides is 2. The quantitative estimate of drug-likeness (QED) is 0.428. The highest BCUT2D eigenvalue weighted by atomic mass is 32.1. The molecule has 0 spiro atoms. The molecule has 2 amide bonds. The third-order valence-electron chi connectivity index (χ3n) is 4.91. The van der Waals surface area contributed by atoms with E-state index in [2.05, 4.69) is 15.7 Å². The van der Waals surface area contributed by atoms with E-state index in [1.807, 2.05) is 79.2 Å². The van der Waals surface area contributed by atoms with Gasteiger partial charge < -0.3 is 10.6 Å². The first-order chi connectivity index (χ1) is 15.0. The standard InChI is InChI=1S/C24H24N4O2S/c1-3-8-22(29)26-18-10-7-9-17(13-18)15-25-23(30)21-14-20-16(2)27-28(24(20)31-21)19-11-5-4-6-12-19/h4-7,9-14H,3,8,15H2,1-2H3,(H,25,30)(H,26,29). The SMILES string of the molecule is CCCC(=O)Nc1cccc(CNC(=O)c2cc3c(C)nn(-c4ccccc4)c3s2)c1. The summed E-state index contributed by atoms with van der Waals surface area (Å²) < 4.78 is 1.88. The highest BCUT2D eigenvalue weighted by Crippen LogP contribution is 2.30. The molecule has 0 aliphatic rings. The largest absolute Gasteiger partial charge is 0.347 e. The summed E-state index contributed by atoms with van der Waals surface area (Å²) >= 11 is 1.43. The van der Waals surface area contributed by atoms with Crippen molar-refractivity contribution in [3.05, 3.63) is 76.8 Å². The number of aromatic nitrogens is 2. The summed E-state index contributed by atoms with van der Waals surface area (Å²) in [5.74, 6) is -0.127. The fraction of sp³-hybridized carbons (Fsp3) is 0.208. The Bertz CT molecular complexity index is 1230. The van der Waals surface area contributed by atoms with Crippen molar-refractivity contribution >= 4 is 39.1 Å². The molecule has 0 radical (unpaired) electrons. The van der Waals surface area contributed by atoms with Crippen molar-refractivity contribution in [3.63, 3.8) is 0 Å². The number of anilines is 1. The lowest BCUT2D eigenvalue weighted by Crippen LogP contribution is -2.22. The van der Waals surface area contributed by atoms with E-state index in [1.54, 1.807) is 0 Å². The van der Waals surface area contributed by atoms with Crippen LogP contribution in [0.1, 0.15) is 40.7 Å². The van der Waals surface area contributed by atoms with Crippen LogP contribution in [0.4, 0.5) is 5.69 Å². The van der Waals surface area contributed by atoms with Gasteiger partial charge in [-0.3, -0.25) is 9.59 Å². The van der Waals surface area contributed by atoms with Crippen LogP contribution in [0.2, 0.25) is 0 Å². The zero-order valence-corrected chi connectivity index (χ0v) is 18.3. The first kappa shape index (κ1) is 20.8. The van der Waals surface area contributed by atoms with E-state index >= 15 is 0 Å². The summed E-state index contributed by atoms with van der Waals surface area (Å²) in [6, 6.07) is 19.3. The van der Waals surface area contributed by atoms with Gasteiger partial charge in [0, 0.05) is 24.0 Å². The van der Waals surface area contributed by atoms with E-state index < -0.39 is 0 Å². The summed E-state index contributed by atoms with van der Waals surface area (Å²) in [5.41, 5.74) is 3.53. The molecule has 0 aliphatic heterocycles. The second kappa shape index (κ2) is 9.14. The Morgan fingerprint density at radius 3 is 2.65 bits per heavy atom. The van der Waals surface area contributed by atoms with E-state index in [-0.39, 0.29) is 11.8 Å².